The summed E-state index contributed by atoms with van der Waals surface area (Å²) in [5.41, 5.74) is 6.85. The summed E-state index contributed by atoms with van der Waals surface area (Å²) in [7, 11) is 0. The molecule has 2 aromatic heterocycles. The van der Waals surface area contributed by atoms with E-state index in [0.29, 0.717) is 19.8 Å². The zero-order valence-corrected chi connectivity index (χ0v) is 12.2. The van der Waals surface area contributed by atoms with Crippen LogP contribution < -0.4 is 5.73 Å². The number of nitrogens with two attached hydrogens (primary N) is 1. The molecule has 2 aromatic rings. The molecule has 1 aliphatic rings. The van der Waals surface area contributed by atoms with Crippen LogP contribution in [0, 0.1) is 0 Å². The van der Waals surface area contributed by atoms with Crippen molar-refractivity contribution in [2.75, 3.05) is 19.8 Å². The molecule has 0 aromatic carbocycles. The summed E-state index contributed by atoms with van der Waals surface area (Å²) in [4.78, 5) is 5.89. The quantitative estimate of drug-likeness (QED) is 0.941. The smallest absolute Gasteiger partial charge is 0.105 e. The first-order valence-corrected chi connectivity index (χ1v) is 7.72. The fourth-order valence-electron chi connectivity index (χ4n) is 1.76. The van der Waals surface area contributed by atoms with E-state index in [9.17, 15) is 0 Å². The van der Waals surface area contributed by atoms with E-state index in [4.69, 9.17) is 15.5 Å². The number of thiophene rings is 1. The largest absolute Gasteiger partial charge is 0.379 e. The van der Waals surface area contributed by atoms with Crippen molar-refractivity contribution in [1.82, 2.24) is 4.98 Å². The van der Waals surface area contributed by atoms with E-state index in [1.54, 1.807) is 22.7 Å². The number of hydrogen-bond acceptors (Lipinski definition) is 5. The Bertz CT molecular complexity index is 528. The van der Waals surface area contributed by atoms with Gasteiger partial charge in [0.1, 0.15) is 5.01 Å². The summed E-state index contributed by atoms with van der Waals surface area (Å²) >= 11 is 6.85. The van der Waals surface area contributed by atoms with Crippen LogP contribution in [0.5, 0.6) is 0 Å². The molecule has 3 heterocycles. The number of ether oxygens (including phenoxy) is 1. The lowest BCUT2D eigenvalue weighted by molar-refractivity contribution is -0.0550. The molecule has 0 spiro atoms. The minimum atomic E-state index is -0.0303. The van der Waals surface area contributed by atoms with Gasteiger partial charge in [0.25, 0.3) is 0 Å². The van der Waals surface area contributed by atoms with Gasteiger partial charge in [-0.15, -0.1) is 22.7 Å². The maximum atomic E-state index is 5.83. The first kappa shape index (κ1) is 11.8. The van der Waals surface area contributed by atoms with Crippen LogP contribution in [-0.4, -0.2) is 24.7 Å². The maximum absolute atomic E-state index is 5.83. The minimum absolute atomic E-state index is 0.0303. The maximum Gasteiger partial charge on any atom is 0.105 e. The average molecular weight is 331 g/mol. The van der Waals surface area contributed by atoms with Gasteiger partial charge in [-0.2, -0.15) is 0 Å². The molecule has 3 rings (SSSR count). The Morgan fingerprint density at radius 1 is 1.47 bits per heavy atom. The van der Waals surface area contributed by atoms with Gasteiger partial charge in [0, 0.05) is 11.9 Å². The Morgan fingerprint density at radius 3 is 2.82 bits per heavy atom. The molecule has 1 saturated heterocycles. The summed E-state index contributed by atoms with van der Waals surface area (Å²) < 4.78 is 6.41. The van der Waals surface area contributed by atoms with Crippen molar-refractivity contribution in [2.45, 2.75) is 5.41 Å². The van der Waals surface area contributed by atoms with Crippen LogP contribution in [0.1, 0.15) is 5.01 Å². The van der Waals surface area contributed by atoms with Crippen molar-refractivity contribution in [3.63, 3.8) is 0 Å². The molecule has 1 aliphatic heterocycles. The van der Waals surface area contributed by atoms with Crippen molar-refractivity contribution in [3.8, 4) is 10.6 Å². The highest BCUT2D eigenvalue weighted by Crippen LogP contribution is 2.37. The molecule has 3 nitrogen and oxygen atoms in total. The van der Waals surface area contributed by atoms with Gasteiger partial charge in [-0.3, -0.25) is 0 Å². The van der Waals surface area contributed by atoms with Gasteiger partial charge in [0.15, 0.2) is 0 Å². The van der Waals surface area contributed by atoms with Crippen molar-refractivity contribution < 1.29 is 4.74 Å². The van der Waals surface area contributed by atoms with Crippen LogP contribution in [0.4, 0.5) is 0 Å². The van der Waals surface area contributed by atoms with E-state index in [2.05, 4.69) is 27.4 Å². The molecule has 0 unspecified atom stereocenters. The van der Waals surface area contributed by atoms with Crippen LogP contribution >= 0.6 is 38.6 Å². The van der Waals surface area contributed by atoms with E-state index in [0.717, 1.165) is 14.5 Å². The predicted molar refractivity (Wildman–Crippen MR) is 74.7 cm³/mol. The molecular weight excluding hydrogens is 320 g/mol. The molecule has 0 amide bonds. The number of halogens is 1. The zero-order chi connectivity index (χ0) is 11.9. The molecule has 0 saturated carbocycles. The van der Waals surface area contributed by atoms with E-state index in [-0.39, 0.29) is 5.41 Å². The second kappa shape index (κ2) is 4.44. The zero-order valence-electron chi connectivity index (χ0n) is 8.98. The minimum Gasteiger partial charge on any atom is -0.379 e. The molecule has 0 bridgehead atoms. The standard InChI is InChI=1S/C11H11BrN2OS2/c12-9-2-1-8(17-9)7-3-16-10(14-7)11(4-13)5-15-6-11/h1-3H,4-6,13H2. The Kier molecular flexibility index (Phi) is 3.08. The highest BCUT2D eigenvalue weighted by molar-refractivity contribution is 9.11. The van der Waals surface area contributed by atoms with Gasteiger partial charge in [-0.25, -0.2) is 4.98 Å². The van der Waals surface area contributed by atoms with Gasteiger partial charge in [0.05, 0.1) is 33.0 Å². The summed E-state index contributed by atoms with van der Waals surface area (Å²) in [5, 5.41) is 3.20. The fourth-order valence-corrected chi connectivity index (χ4v) is 4.19. The van der Waals surface area contributed by atoms with Gasteiger partial charge >= 0.3 is 0 Å². The lowest BCUT2D eigenvalue weighted by atomic mass is 9.87. The van der Waals surface area contributed by atoms with Crippen LogP contribution in [0.3, 0.4) is 0 Å². The Labute approximate surface area is 116 Å². The molecule has 17 heavy (non-hydrogen) atoms. The summed E-state index contributed by atoms with van der Waals surface area (Å²) in [5.74, 6) is 0. The monoisotopic (exact) mass is 330 g/mol. The van der Waals surface area contributed by atoms with E-state index < -0.39 is 0 Å². The van der Waals surface area contributed by atoms with Crippen molar-refractivity contribution in [3.05, 3.63) is 26.3 Å². The van der Waals surface area contributed by atoms with E-state index in [1.807, 2.05) is 6.07 Å². The fraction of sp³-hybridized carbons (Fsp3) is 0.364. The Hall–Kier alpha value is -0.270. The number of aromatic nitrogens is 1. The van der Waals surface area contributed by atoms with Crippen LogP contribution in [-0.2, 0) is 10.2 Å². The highest BCUT2D eigenvalue weighted by atomic mass is 79.9. The second-order valence-corrected chi connectivity index (χ2v) is 7.44. The SMILES string of the molecule is NCC1(c2nc(-c3ccc(Br)s3)cs2)COC1. The summed E-state index contributed by atoms with van der Waals surface area (Å²) in [6.07, 6.45) is 0. The van der Waals surface area contributed by atoms with E-state index >= 15 is 0 Å². The normalized spacial score (nSPS) is 18.0. The van der Waals surface area contributed by atoms with Gasteiger partial charge < -0.3 is 10.5 Å². The molecule has 1 fully saturated rings. The van der Waals surface area contributed by atoms with Gasteiger partial charge in [0.2, 0.25) is 0 Å². The molecule has 2 N–H and O–H groups in total. The summed E-state index contributed by atoms with van der Waals surface area (Å²) in [6.45, 7) is 2.00. The van der Waals surface area contributed by atoms with E-state index in [1.165, 1.54) is 4.88 Å². The van der Waals surface area contributed by atoms with Crippen LogP contribution in [0.15, 0.2) is 21.3 Å². The lowest BCUT2D eigenvalue weighted by Crippen LogP contribution is -2.52. The topological polar surface area (TPSA) is 48.1 Å². The molecular formula is C11H11BrN2OS2. The molecule has 6 heteroatoms. The van der Waals surface area contributed by atoms with Crippen molar-refractivity contribution >= 4 is 38.6 Å². The number of rotatable bonds is 3. The Balaban J connectivity index is 1.92. The van der Waals surface area contributed by atoms with Crippen LogP contribution in [0.2, 0.25) is 0 Å². The third-order valence-electron chi connectivity index (χ3n) is 2.93. The first-order chi connectivity index (χ1) is 8.23. The third-order valence-corrected chi connectivity index (χ3v) is 5.67. The second-order valence-electron chi connectivity index (χ2n) is 4.12. The molecule has 0 radical (unpaired) electrons. The van der Waals surface area contributed by atoms with Crippen molar-refractivity contribution in [2.24, 2.45) is 5.73 Å². The molecule has 90 valence electrons. The molecule has 0 aliphatic carbocycles. The average Bonchev–Trinajstić information content (AvgIpc) is 2.86. The third kappa shape index (κ3) is 1.98. The number of nitrogens with zero attached hydrogens (tertiary/aromatic N) is 1. The number of thiazole rings is 1. The van der Waals surface area contributed by atoms with Crippen LogP contribution in [0.25, 0.3) is 10.6 Å². The molecule has 0 atom stereocenters. The van der Waals surface area contributed by atoms with Crippen molar-refractivity contribution in [1.29, 1.82) is 0 Å². The van der Waals surface area contributed by atoms with Gasteiger partial charge in [-0.05, 0) is 28.1 Å². The number of hydrogen-bond donors (Lipinski definition) is 1. The highest BCUT2D eigenvalue weighted by Gasteiger charge is 2.41. The first-order valence-electron chi connectivity index (χ1n) is 5.23. The summed E-state index contributed by atoms with van der Waals surface area (Å²) in [6, 6.07) is 4.13. The lowest BCUT2D eigenvalue weighted by Gasteiger charge is -2.38. The Morgan fingerprint density at radius 2 is 2.29 bits per heavy atom. The predicted octanol–water partition coefficient (Wildman–Crippen LogP) is 2.86. The van der Waals surface area contributed by atoms with Gasteiger partial charge in [-0.1, -0.05) is 0 Å².